The third-order valence-corrected chi connectivity index (χ3v) is 17.8. The second-order valence-corrected chi connectivity index (χ2v) is 20.7. The average molecular weight is 727 g/mol. The first kappa shape index (κ1) is 37.9. The van der Waals surface area contributed by atoms with Crippen molar-refractivity contribution in [3.63, 3.8) is 0 Å². The van der Waals surface area contributed by atoms with Crippen LogP contribution in [0.4, 0.5) is 0 Å². The van der Waals surface area contributed by atoms with Gasteiger partial charge >= 0.3 is 0 Å². The molecule has 2 heterocycles. The highest BCUT2D eigenvalue weighted by Crippen LogP contribution is 2.76. The monoisotopic (exact) mass is 727 g/mol. The van der Waals surface area contributed by atoms with Gasteiger partial charge in [0.05, 0.1) is 24.7 Å². The molecule has 7 aliphatic rings. The highest BCUT2D eigenvalue weighted by atomic mass is 16.5. The molecule has 1 N–H and O–H groups in total. The number of ether oxygens (including phenoxy) is 1. The van der Waals surface area contributed by atoms with Crippen LogP contribution in [0.3, 0.4) is 0 Å². The minimum atomic E-state index is -0.673. The lowest BCUT2D eigenvalue weighted by Crippen LogP contribution is -2.66. The number of nitrogens with zero attached hydrogens (tertiary/aromatic N) is 2. The van der Waals surface area contributed by atoms with Crippen molar-refractivity contribution in [3.8, 4) is 0 Å². The molecule has 53 heavy (non-hydrogen) atoms. The molecule has 2 aliphatic heterocycles. The van der Waals surface area contributed by atoms with Gasteiger partial charge in [0.25, 0.3) is 0 Å². The Kier molecular flexibility index (Phi) is 9.70. The van der Waals surface area contributed by atoms with Gasteiger partial charge in [-0.25, -0.2) is 0 Å². The van der Waals surface area contributed by atoms with E-state index < -0.39 is 5.41 Å². The SMILES string of the molecule is CC(C)C1=C2[C@H]3CC[C@@H]4[C@@]5(C)CC[C@H](O)C(C)(C)[C@@H]5CC[C@@]4(C)[C@]3(C)CC[C@@]2(C(=O)N2CCCC2CN2CCCC2COCc2ccccc2)CC1=O. The van der Waals surface area contributed by atoms with Gasteiger partial charge in [-0.1, -0.05) is 78.8 Å². The van der Waals surface area contributed by atoms with Crippen LogP contribution in [0.25, 0.3) is 0 Å². The molecule has 4 saturated carbocycles. The van der Waals surface area contributed by atoms with E-state index in [1.54, 1.807) is 0 Å². The predicted octanol–water partition coefficient (Wildman–Crippen LogP) is 9.00. The number of aliphatic hydroxyl groups is 1. The summed E-state index contributed by atoms with van der Waals surface area (Å²) in [5, 5.41) is 11.2. The summed E-state index contributed by atoms with van der Waals surface area (Å²) >= 11 is 0. The van der Waals surface area contributed by atoms with Gasteiger partial charge in [-0.15, -0.1) is 0 Å². The van der Waals surface area contributed by atoms with Crippen molar-refractivity contribution in [2.75, 3.05) is 26.2 Å². The number of carbonyl (C=O) groups is 2. The Morgan fingerprint density at radius 3 is 2.34 bits per heavy atom. The highest BCUT2D eigenvalue weighted by molar-refractivity contribution is 6.07. The molecule has 10 atom stereocenters. The predicted molar refractivity (Wildman–Crippen MR) is 211 cm³/mol. The summed E-state index contributed by atoms with van der Waals surface area (Å²) < 4.78 is 6.25. The van der Waals surface area contributed by atoms with Crippen molar-refractivity contribution >= 4 is 11.7 Å². The lowest BCUT2D eigenvalue weighted by molar-refractivity contribution is -0.228. The Morgan fingerprint density at radius 2 is 1.58 bits per heavy atom. The van der Waals surface area contributed by atoms with Crippen LogP contribution >= 0.6 is 0 Å². The quantitative estimate of drug-likeness (QED) is 0.290. The number of rotatable bonds is 8. The molecule has 1 aromatic rings. The lowest BCUT2D eigenvalue weighted by atomic mass is 9.33. The van der Waals surface area contributed by atoms with E-state index >= 15 is 4.79 Å². The molecule has 0 radical (unpaired) electrons. The van der Waals surface area contributed by atoms with E-state index in [-0.39, 0.29) is 57.3 Å². The van der Waals surface area contributed by atoms with E-state index in [9.17, 15) is 9.90 Å². The number of aliphatic hydroxyl groups excluding tert-OH is 1. The maximum Gasteiger partial charge on any atom is 0.233 e. The third-order valence-electron chi connectivity index (χ3n) is 17.8. The van der Waals surface area contributed by atoms with Crippen molar-refractivity contribution in [3.05, 3.63) is 47.0 Å². The summed E-state index contributed by atoms with van der Waals surface area (Å²) in [6, 6.07) is 11.0. The van der Waals surface area contributed by atoms with Crippen LogP contribution in [0.1, 0.15) is 138 Å². The number of benzene rings is 1. The number of amides is 1. The summed E-state index contributed by atoms with van der Waals surface area (Å²) in [6.07, 6.45) is 13.0. The number of carbonyl (C=O) groups excluding carboxylic acids is 2. The smallest absolute Gasteiger partial charge is 0.233 e. The molecule has 0 aromatic heterocycles. The number of Topliss-reactive ketones (excluding diaryl/α,β-unsaturated/α-hetero) is 1. The molecule has 1 aromatic carbocycles. The number of hydrogen-bond donors (Lipinski definition) is 1. The fourth-order valence-corrected chi connectivity index (χ4v) is 14.9. The number of likely N-dealkylation sites (tertiary alicyclic amines) is 2. The minimum absolute atomic E-state index is 0.0426. The first-order chi connectivity index (χ1) is 25.2. The van der Waals surface area contributed by atoms with Crippen molar-refractivity contribution in [1.29, 1.82) is 0 Å². The summed E-state index contributed by atoms with van der Waals surface area (Å²) in [5.41, 5.74) is 3.17. The van der Waals surface area contributed by atoms with Gasteiger partial charge in [0.2, 0.25) is 5.91 Å². The zero-order valence-corrected chi connectivity index (χ0v) is 34.2. The van der Waals surface area contributed by atoms with Crippen LogP contribution < -0.4 is 0 Å². The zero-order valence-electron chi connectivity index (χ0n) is 34.2. The van der Waals surface area contributed by atoms with Gasteiger partial charge in [0.1, 0.15) is 0 Å². The summed E-state index contributed by atoms with van der Waals surface area (Å²) in [5.74, 6) is 2.06. The molecule has 8 rings (SSSR count). The van der Waals surface area contributed by atoms with Gasteiger partial charge < -0.3 is 14.7 Å². The van der Waals surface area contributed by atoms with Crippen LogP contribution in [0.15, 0.2) is 41.5 Å². The molecule has 2 unspecified atom stereocenters. The van der Waals surface area contributed by atoms with Gasteiger partial charge in [-0.05, 0) is 146 Å². The molecular weight excluding hydrogens is 657 g/mol. The number of fused-ring (bicyclic) bond motifs is 7. The molecule has 6 nitrogen and oxygen atoms in total. The third kappa shape index (κ3) is 5.71. The normalized spacial score (nSPS) is 42.4. The molecule has 0 bridgehead atoms. The largest absolute Gasteiger partial charge is 0.393 e. The van der Waals surface area contributed by atoms with Gasteiger partial charge in [-0.3, -0.25) is 14.5 Å². The van der Waals surface area contributed by atoms with Crippen LogP contribution in [0.2, 0.25) is 0 Å². The molecule has 6 heteroatoms. The Balaban J connectivity index is 1.05. The Hall–Kier alpha value is -2.02. The van der Waals surface area contributed by atoms with Crippen LogP contribution in [-0.2, 0) is 20.9 Å². The first-order valence-corrected chi connectivity index (χ1v) is 21.8. The van der Waals surface area contributed by atoms with Gasteiger partial charge in [0, 0.05) is 31.6 Å². The van der Waals surface area contributed by atoms with Crippen molar-refractivity contribution < 1.29 is 19.4 Å². The van der Waals surface area contributed by atoms with E-state index in [1.807, 2.05) is 6.07 Å². The Bertz CT molecular complexity index is 1600. The highest BCUT2D eigenvalue weighted by Gasteiger charge is 2.71. The average Bonchev–Trinajstić information content (AvgIpc) is 3.85. The molecule has 0 spiro atoms. The molecule has 292 valence electrons. The van der Waals surface area contributed by atoms with Crippen LogP contribution in [0.5, 0.6) is 0 Å². The Morgan fingerprint density at radius 1 is 0.849 bits per heavy atom. The fourth-order valence-electron chi connectivity index (χ4n) is 14.9. The second kappa shape index (κ2) is 13.6. The van der Waals surface area contributed by atoms with Gasteiger partial charge in [0.15, 0.2) is 5.78 Å². The lowest BCUT2D eigenvalue weighted by Gasteiger charge is -2.72. The molecule has 5 aliphatic carbocycles. The summed E-state index contributed by atoms with van der Waals surface area (Å²) in [7, 11) is 0. The maximum atomic E-state index is 15.5. The summed E-state index contributed by atoms with van der Waals surface area (Å²) in [6.45, 7) is 21.0. The van der Waals surface area contributed by atoms with Crippen LogP contribution in [0, 0.1) is 50.7 Å². The van der Waals surface area contributed by atoms with Crippen LogP contribution in [-0.4, -0.2) is 71.0 Å². The Labute approximate surface area is 320 Å². The number of ketones is 1. The fraction of sp³-hybridized carbons (Fsp3) is 0.787. The zero-order chi connectivity index (χ0) is 37.6. The van der Waals surface area contributed by atoms with E-state index in [2.05, 4.69) is 82.5 Å². The van der Waals surface area contributed by atoms with Crippen molar-refractivity contribution in [2.24, 2.45) is 50.7 Å². The van der Waals surface area contributed by atoms with E-state index in [0.29, 0.717) is 30.9 Å². The van der Waals surface area contributed by atoms with Crippen molar-refractivity contribution in [1.82, 2.24) is 9.80 Å². The van der Waals surface area contributed by atoms with Crippen molar-refractivity contribution in [2.45, 2.75) is 157 Å². The first-order valence-electron chi connectivity index (χ1n) is 21.8. The number of allylic oxidation sites excluding steroid dienone is 1. The van der Waals surface area contributed by atoms with Gasteiger partial charge in [-0.2, -0.15) is 0 Å². The number of hydrogen-bond acceptors (Lipinski definition) is 5. The maximum absolute atomic E-state index is 15.5. The topological polar surface area (TPSA) is 70.1 Å². The molecular formula is C47H70N2O4. The molecule has 2 saturated heterocycles. The molecule has 1 amide bonds. The minimum Gasteiger partial charge on any atom is -0.393 e. The van der Waals surface area contributed by atoms with E-state index in [1.165, 1.54) is 30.4 Å². The molecule has 6 fully saturated rings. The summed E-state index contributed by atoms with van der Waals surface area (Å²) in [4.78, 5) is 34.7. The second-order valence-electron chi connectivity index (χ2n) is 20.7. The van der Waals surface area contributed by atoms with E-state index in [4.69, 9.17) is 4.74 Å². The van der Waals surface area contributed by atoms with E-state index in [0.717, 1.165) is 89.6 Å². The standard InChI is InChI=1S/C47H70N2O4/c1-31(2)40-36(50)27-47(42(52)49-26-12-15-33(49)28-48-25-11-16-34(48)30-53-29-32-13-9-8-10-14-32)24-23-45(6)35(41(40)47)17-18-38-44(5)21-20-39(51)43(3,4)37(44)19-22-46(38,45)7/h8-10,13-14,31,33-35,37-39,51H,11-12,15-30H2,1-7H3/t33?,34?,35-,37+,38-,39+,44+,45-,46-,47-/m1/s1.